The number of hydrogen-bond donors (Lipinski definition) is 2. The number of amides is 1. The summed E-state index contributed by atoms with van der Waals surface area (Å²) < 4.78 is 0. The first-order valence-electron chi connectivity index (χ1n) is 5.15. The third kappa shape index (κ3) is 2.09. The topological polar surface area (TPSA) is 68.0 Å². The van der Waals surface area contributed by atoms with Gasteiger partial charge in [0.05, 0.1) is 0 Å². The fraction of sp³-hybridized carbons (Fsp3) is 0.455. The van der Waals surface area contributed by atoms with Crippen molar-refractivity contribution in [3.63, 3.8) is 0 Å². The Hall–Kier alpha value is -1.58. The van der Waals surface area contributed by atoms with E-state index in [1.165, 1.54) is 0 Å². The zero-order chi connectivity index (χ0) is 10.8. The molecule has 2 heterocycles. The summed E-state index contributed by atoms with van der Waals surface area (Å²) >= 11 is 0. The first kappa shape index (κ1) is 9.96. The number of anilines is 1. The number of piperidine rings is 1. The standard InChI is InChI=1S/C11H15N3O/c1-7-4-9(6-14-11(7)12)8-2-3-13-10(15)5-8/h4,6,8H,2-3,5H2,1H3,(H2,12,14)(H,13,15)/t8-/m1/s1. The van der Waals surface area contributed by atoms with E-state index in [1.54, 1.807) is 6.20 Å². The van der Waals surface area contributed by atoms with Crippen LogP contribution in [0.15, 0.2) is 12.3 Å². The highest BCUT2D eigenvalue weighted by atomic mass is 16.1. The molecular weight excluding hydrogens is 190 g/mol. The van der Waals surface area contributed by atoms with Gasteiger partial charge in [0.1, 0.15) is 5.82 Å². The maximum atomic E-state index is 11.2. The Morgan fingerprint density at radius 1 is 1.60 bits per heavy atom. The molecule has 0 bridgehead atoms. The molecule has 15 heavy (non-hydrogen) atoms. The molecule has 2 rings (SSSR count). The molecule has 1 fully saturated rings. The summed E-state index contributed by atoms with van der Waals surface area (Å²) in [5.74, 6) is 0.991. The lowest BCUT2D eigenvalue weighted by atomic mass is 9.90. The van der Waals surface area contributed by atoms with E-state index in [4.69, 9.17) is 5.73 Å². The predicted octanol–water partition coefficient (Wildman–Crippen LogP) is 0.966. The van der Waals surface area contributed by atoms with Gasteiger partial charge in [0, 0.05) is 19.2 Å². The van der Waals surface area contributed by atoms with E-state index in [0.717, 1.165) is 24.1 Å². The molecule has 4 heteroatoms. The van der Waals surface area contributed by atoms with Crippen LogP contribution in [0.25, 0.3) is 0 Å². The van der Waals surface area contributed by atoms with Gasteiger partial charge >= 0.3 is 0 Å². The van der Waals surface area contributed by atoms with Crippen LogP contribution in [0.3, 0.4) is 0 Å². The zero-order valence-corrected chi connectivity index (χ0v) is 8.79. The number of carbonyl (C=O) groups excluding carboxylic acids is 1. The molecule has 1 aromatic heterocycles. The van der Waals surface area contributed by atoms with Crippen molar-refractivity contribution in [2.75, 3.05) is 12.3 Å². The largest absolute Gasteiger partial charge is 0.383 e. The second-order valence-corrected chi connectivity index (χ2v) is 4.01. The number of pyridine rings is 1. The number of nitrogens with two attached hydrogens (primary N) is 1. The summed E-state index contributed by atoms with van der Waals surface area (Å²) in [4.78, 5) is 15.4. The van der Waals surface area contributed by atoms with Crippen molar-refractivity contribution in [2.45, 2.75) is 25.7 Å². The van der Waals surface area contributed by atoms with E-state index >= 15 is 0 Å². The minimum Gasteiger partial charge on any atom is -0.383 e. The maximum Gasteiger partial charge on any atom is 0.220 e. The molecule has 3 N–H and O–H groups in total. The summed E-state index contributed by atoms with van der Waals surface area (Å²) in [5.41, 5.74) is 7.76. The molecule has 1 aliphatic heterocycles. The first-order valence-corrected chi connectivity index (χ1v) is 5.15. The van der Waals surface area contributed by atoms with E-state index in [9.17, 15) is 4.79 Å². The fourth-order valence-corrected chi connectivity index (χ4v) is 1.90. The van der Waals surface area contributed by atoms with Gasteiger partial charge in [-0.05, 0) is 30.4 Å². The molecule has 0 aromatic carbocycles. The SMILES string of the molecule is Cc1cc([C@@H]2CCNC(=O)C2)cnc1N. The fourth-order valence-electron chi connectivity index (χ4n) is 1.90. The highest BCUT2D eigenvalue weighted by molar-refractivity contribution is 5.77. The number of rotatable bonds is 1. The van der Waals surface area contributed by atoms with E-state index in [1.807, 2.05) is 13.0 Å². The van der Waals surface area contributed by atoms with Gasteiger partial charge < -0.3 is 11.1 Å². The quantitative estimate of drug-likeness (QED) is 0.717. The number of hydrogen-bond acceptors (Lipinski definition) is 3. The minimum atomic E-state index is 0.126. The summed E-state index contributed by atoms with van der Waals surface area (Å²) in [5, 5.41) is 2.82. The predicted molar refractivity (Wildman–Crippen MR) is 58.4 cm³/mol. The number of aryl methyl sites for hydroxylation is 1. The van der Waals surface area contributed by atoms with Crippen LogP contribution in [-0.2, 0) is 4.79 Å². The van der Waals surface area contributed by atoms with Crippen LogP contribution >= 0.6 is 0 Å². The Morgan fingerprint density at radius 2 is 2.40 bits per heavy atom. The average Bonchev–Trinajstić information content (AvgIpc) is 2.22. The molecule has 1 amide bonds. The Bertz CT molecular complexity index is 389. The lowest BCUT2D eigenvalue weighted by molar-refractivity contribution is -0.122. The minimum absolute atomic E-state index is 0.126. The molecule has 0 radical (unpaired) electrons. The van der Waals surface area contributed by atoms with Crippen LogP contribution in [-0.4, -0.2) is 17.4 Å². The van der Waals surface area contributed by atoms with Gasteiger partial charge in [0.2, 0.25) is 5.91 Å². The molecular formula is C11H15N3O. The van der Waals surface area contributed by atoms with Crippen molar-refractivity contribution in [1.29, 1.82) is 0 Å². The van der Waals surface area contributed by atoms with Gasteiger partial charge in [0.25, 0.3) is 0 Å². The normalized spacial score (nSPS) is 21.1. The van der Waals surface area contributed by atoms with Crippen LogP contribution in [0.1, 0.15) is 29.9 Å². The summed E-state index contributed by atoms with van der Waals surface area (Å²) in [6, 6.07) is 2.03. The number of nitrogen functional groups attached to an aromatic ring is 1. The molecule has 1 aromatic rings. The lowest BCUT2D eigenvalue weighted by Crippen LogP contribution is -2.32. The molecule has 0 aliphatic carbocycles. The van der Waals surface area contributed by atoms with Crippen molar-refractivity contribution in [3.05, 3.63) is 23.4 Å². The summed E-state index contributed by atoms with van der Waals surface area (Å²) in [6.45, 7) is 2.70. The molecule has 1 aliphatic rings. The third-order valence-corrected chi connectivity index (χ3v) is 2.86. The van der Waals surface area contributed by atoms with Crippen molar-refractivity contribution in [3.8, 4) is 0 Å². The van der Waals surface area contributed by atoms with E-state index in [2.05, 4.69) is 10.3 Å². The zero-order valence-electron chi connectivity index (χ0n) is 8.79. The van der Waals surface area contributed by atoms with Crippen LogP contribution in [0.4, 0.5) is 5.82 Å². The maximum absolute atomic E-state index is 11.2. The van der Waals surface area contributed by atoms with E-state index in [-0.39, 0.29) is 5.91 Å². The second-order valence-electron chi connectivity index (χ2n) is 4.01. The Balaban J connectivity index is 2.21. The van der Waals surface area contributed by atoms with Gasteiger partial charge in [-0.2, -0.15) is 0 Å². The van der Waals surface area contributed by atoms with Crippen LogP contribution < -0.4 is 11.1 Å². The number of nitrogens with one attached hydrogen (secondary N) is 1. The second kappa shape index (κ2) is 3.88. The number of carbonyl (C=O) groups is 1. The van der Waals surface area contributed by atoms with Gasteiger partial charge in [-0.3, -0.25) is 4.79 Å². The van der Waals surface area contributed by atoms with E-state index < -0.39 is 0 Å². The molecule has 1 atom stereocenters. The van der Waals surface area contributed by atoms with Crippen molar-refractivity contribution in [1.82, 2.24) is 10.3 Å². The average molecular weight is 205 g/mol. The van der Waals surface area contributed by atoms with Gasteiger partial charge in [-0.25, -0.2) is 4.98 Å². The highest BCUT2D eigenvalue weighted by Gasteiger charge is 2.20. The molecule has 1 saturated heterocycles. The monoisotopic (exact) mass is 205 g/mol. The molecule has 0 saturated carbocycles. The summed E-state index contributed by atoms with van der Waals surface area (Å²) in [7, 11) is 0. The van der Waals surface area contributed by atoms with Crippen molar-refractivity contribution in [2.24, 2.45) is 0 Å². The Labute approximate surface area is 88.9 Å². The van der Waals surface area contributed by atoms with Crippen LogP contribution in [0.5, 0.6) is 0 Å². The van der Waals surface area contributed by atoms with Crippen molar-refractivity contribution >= 4 is 11.7 Å². The third-order valence-electron chi connectivity index (χ3n) is 2.86. The smallest absolute Gasteiger partial charge is 0.220 e. The van der Waals surface area contributed by atoms with Gasteiger partial charge in [-0.15, -0.1) is 0 Å². The number of aromatic nitrogens is 1. The van der Waals surface area contributed by atoms with Gasteiger partial charge in [0.15, 0.2) is 0 Å². The first-order chi connectivity index (χ1) is 7.16. The molecule has 4 nitrogen and oxygen atoms in total. The Kier molecular flexibility index (Phi) is 2.58. The lowest BCUT2D eigenvalue weighted by Gasteiger charge is -2.22. The summed E-state index contributed by atoms with van der Waals surface area (Å²) in [6.07, 6.45) is 3.33. The van der Waals surface area contributed by atoms with Crippen LogP contribution in [0, 0.1) is 6.92 Å². The highest BCUT2D eigenvalue weighted by Crippen LogP contribution is 2.26. The van der Waals surface area contributed by atoms with Gasteiger partial charge in [-0.1, -0.05) is 6.07 Å². The molecule has 0 spiro atoms. The van der Waals surface area contributed by atoms with E-state index in [0.29, 0.717) is 18.2 Å². The molecule has 0 unspecified atom stereocenters. The van der Waals surface area contributed by atoms with Crippen LogP contribution in [0.2, 0.25) is 0 Å². The number of nitrogens with zero attached hydrogens (tertiary/aromatic N) is 1. The Morgan fingerprint density at radius 3 is 3.07 bits per heavy atom. The van der Waals surface area contributed by atoms with Crippen molar-refractivity contribution < 1.29 is 4.79 Å². The molecule has 80 valence electrons.